The van der Waals surface area contributed by atoms with Crippen LogP contribution < -0.4 is 5.32 Å². The van der Waals surface area contributed by atoms with E-state index in [1.807, 2.05) is 26.8 Å². The summed E-state index contributed by atoms with van der Waals surface area (Å²) >= 11 is 3.45. The van der Waals surface area contributed by atoms with Crippen molar-refractivity contribution < 1.29 is 4.79 Å². The Kier molecular flexibility index (Phi) is 3.32. The van der Waals surface area contributed by atoms with Crippen LogP contribution in [0.2, 0.25) is 0 Å². The smallest absolute Gasteiger partial charge is 0.251 e. The highest BCUT2D eigenvalue weighted by Gasteiger charge is 2.12. The molecule has 0 aliphatic rings. The summed E-state index contributed by atoms with van der Waals surface area (Å²) in [5, 5.41) is 2.64. The molecule has 0 spiro atoms. The number of amides is 1. The zero-order chi connectivity index (χ0) is 10.9. The third kappa shape index (κ3) is 1.82. The number of benzene rings is 1. The Labute approximate surface area is 92.8 Å². The number of hydrogen-bond acceptors (Lipinski definition) is 1. The Bertz CT molecular complexity index is 385. The zero-order valence-corrected chi connectivity index (χ0v) is 10.4. The molecule has 14 heavy (non-hydrogen) atoms. The van der Waals surface area contributed by atoms with Crippen LogP contribution >= 0.6 is 15.9 Å². The van der Waals surface area contributed by atoms with Crippen LogP contribution in [0, 0.1) is 20.8 Å². The molecule has 0 fully saturated rings. The molecule has 0 bridgehead atoms. The summed E-state index contributed by atoms with van der Waals surface area (Å²) in [4.78, 5) is 11.5. The molecule has 2 nitrogen and oxygen atoms in total. The van der Waals surface area contributed by atoms with E-state index in [1.54, 1.807) is 7.05 Å². The van der Waals surface area contributed by atoms with Crippen LogP contribution in [0.4, 0.5) is 0 Å². The van der Waals surface area contributed by atoms with Crippen molar-refractivity contribution in [3.63, 3.8) is 0 Å². The van der Waals surface area contributed by atoms with Gasteiger partial charge in [0.25, 0.3) is 5.91 Å². The van der Waals surface area contributed by atoms with Gasteiger partial charge in [0, 0.05) is 17.1 Å². The van der Waals surface area contributed by atoms with Gasteiger partial charge in [-0.1, -0.05) is 15.9 Å². The summed E-state index contributed by atoms with van der Waals surface area (Å²) in [6, 6.07) is 1.87. The van der Waals surface area contributed by atoms with Gasteiger partial charge >= 0.3 is 0 Å². The highest BCUT2D eigenvalue weighted by atomic mass is 79.9. The number of halogens is 1. The highest BCUT2D eigenvalue weighted by Crippen LogP contribution is 2.25. The topological polar surface area (TPSA) is 29.1 Å². The molecule has 1 aromatic carbocycles. The first kappa shape index (κ1) is 11.2. The summed E-state index contributed by atoms with van der Waals surface area (Å²) in [5.41, 5.74) is 4.14. The van der Waals surface area contributed by atoms with Crippen molar-refractivity contribution in [3.8, 4) is 0 Å². The molecule has 0 aliphatic carbocycles. The normalized spacial score (nSPS) is 10.1. The number of nitrogens with one attached hydrogen (secondary N) is 1. The second-order valence-corrected chi connectivity index (χ2v) is 4.21. The van der Waals surface area contributed by atoms with Gasteiger partial charge in [-0.25, -0.2) is 0 Å². The van der Waals surface area contributed by atoms with Crippen LogP contribution in [-0.2, 0) is 0 Å². The van der Waals surface area contributed by atoms with E-state index in [0.29, 0.717) is 0 Å². The molecule has 1 rings (SSSR count). The maximum atomic E-state index is 11.5. The van der Waals surface area contributed by atoms with Gasteiger partial charge < -0.3 is 5.32 Å². The van der Waals surface area contributed by atoms with E-state index >= 15 is 0 Å². The fourth-order valence-electron chi connectivity index (χ4n) is 1.38. The molecule has 3 heteroatoms. The zero-order valence-electron chi connectivity index (χ0n) is 8.86. The van der Waals surface area contributed by atoms with E-state index < -0.39 is 0 Å². The van der Waals surface area contributed by atoms with Crippen LogP contribution in [0.15, 0.2) is 10.5 Å². The van der Waals surface area contributed by atoms with Gasteiger partial charge in [-0.05, 0) is 43.5 Å². The van der Waals surface area contributed by atoms with Gasteiger partial charge in [0.2, 0.25) is 0 Å². The molecule has 0 aliphatic heterocycles. The Hall–Kier alpha value is -0.830. The van der Waals surface area contributed by atoms with Crippen molar-refractivity contribution in [1.29, 1.82) is 0 Å². The maximum absolute atomic E-state index is 11.5. The Morgan fingerprint density at radius 3 is 2.29 bits per heavy atom. The molecule has 1 N–H and O–H groups in total. The third-order valence-electron chi connectivity index (χ3n) is 2.63. The maximum Gasteiger partial charge on any atom is 0.251 e. The van der Waals surface area contributed by atoms with Crippen molar-refractivity contribution in [1.82, 2.24) is 5.32 Å². The SMILES string of the molecule is CNC(=O)c1cc(Br)c(C)c(C)c1C. The van der Waals surface area contributed by atoms with Crippen molar-refractivity contribution in [3.05, 3.63) is 32.8 Å². The van der Waals surface area contributed by atoms with E-state index in [4.69, 9.17) is 0 Å². The molecule has 0 aromatic heterocycles. The van der Waals surface area contributed by atoms with Gasteiger partial charge in [0.05, 0.1) is 0 Å². The lowest BCUT2D eigenvalue weighted by atomic mass is 9.98. The predicted molar refractivity (Wildman–Crippen MR) is 61.7 cm³/mol. The van der Waals surface area contributed by atoms with E-state index in [-0.39, 0.29) is 5.91 Å². The van der Waals surface area contributed by atoms with E-state index in [9.17, 15) is 4.79 Å². The Morgan fingerprint density at radius 2 is 1.79 bits per heavy atom. The van der Waals surface area contributed by atoms with E-state index in [2.05, 4.69) is 21.2 Å². The Balaban J connectivity index is 3.40. The summed E-state index contributed by atoms with van der Waals surface area (Å²) in [5.74, 6) is -0.0358. The minimum Gasteiger partial charge on any atom is -0.355 e. The van der Waals surface area contributed by atoms with Crippen LogP contribution in [-0.4, -0.2) is 13.0 Å². The second-order valence-electron chi connectivity index (χ2n) is 3.36. The predicted octanol–water partition coefficient (Wildman–Crippen LogP) is 2.73. The molecule has 0 saturated carbocycles. The number of hydrogen-bond donors (Lipinski definition) is 1. The summed E-state index contributed by atoms with van der Waals surface area (Å²) < 4.78 is 0.985. The van der Waals surface area contributed by atoms with Gasteiger partial charge in [-0.15, -0.1) is 0 Å². The number of rotatable bonds is 1. The lowest BCUT2D eigenvalue weighted by Crippen LogP contribution is -2.19. The standard InChI is InChI=1S/C11H14BrNO/c1-6-7(2)9(11(14)13-4)5-10(12)8(6)3/h5H,1-4H3,(H,13,14). The van der Waals surface area contributed by atoms with Crippen molar-refractivity contribution in [2.75, 3.05) is 7.05 Å². The molecule has 76 valence electrons. The first-order valence-electron chi connectivity index (χ1n) is 4.47. The first-order chi connectivity index (χ1) is 6.49. The fraction of sp³-hybridized carbons (Fsp3) is 0.364. The molecule has 0 radical (unpaired) electrons. The molecular weight excluding hydrogens is 242 g/mol. The molecule has 0 heterocycles. The van der Waals surface area contributed by atoms with Crippen molar-refractivity contribution >= 4 is 21.8 Å². The average molecular weight is 256 g/mol. The Morgan fingerprint density at radius 1 is 1.21 bits per heavy atom. The fourth-order valence-corrected chi connectivity index (χ4v) is 1.90. The van der Waals surface area contributed by atoms with E-state index in [0.717, 1.165) is 21.2 Å². The molecule has 1 amide bonds. The van der Waals surface area contributed by atoms with Crippen molar-refractivity contribution in [2.45, 2.75) is 20.8 Å². The molecule has 0 unspecified atom stereocenters. The van der Waals surface area contributed by atoms with Crippen LogP contribution in [0.1, 0.15) is 27.0 Å². The quantitative estimate of drug-likeness (QED) is 0.822. The van der Waals surface area contributed by atoms with Gasteiger partial charge in [0.1, 0.15) is 0 Å². The van der Waals surface area contributed by atoms with Crippen molar-refractivity contribution in [2.24, 2.45) is 0 Å². The largest absolute Gasteiger partial charge is 0.355 e. The summed E-state index contributed by atoms with van der Waals surface area (Å²) in [7, 11) is 1.64. The molecule has 0 atom stereocenters. The summed E-state index contributed by atoms with van der Waals surface area (Å²) in [6.45, 7) is 6.04. The molecule has 1 aromatic rings. The van der Waals surface area contributed by atoms with Crippen LogP contribution in [0.3, 0.4) is 0 Å². The average Bonchev–Trinajstić information content (AvgIpc) is 2.19. The highest BCUT2D eigenvalue weighted by molar-refractivity contribution is 9.10. The summed E-state index contributed by atoms with van der Waals surface area (Å²) in [6.07, 6.45) is 0. The number of carbonyl (C=O) groups excluding carboxylic acids is 1. The minimum atomic E-state index is -0.0358. The van der Waals surface area contributed by atoms with Crippen LogP contribution in [0.5, 0.6) is 0 Å². The second kappa shape index (κ2) is 4.13. The lowest BCUT2D eigenvalue weighted by Gasteiger charge is -2.11. The number of carbonyl (C=O) groups is 1. The van der Waals surface area contributed by atoms with Crippen LogP contribution in [0.25, 0.3) is 0 Å². The van der Waals surface area contributed by atoms with E-state index in [1.165, 1.54) is 5.56 Å². The van der Waals surface area contributed by atoms with Gasteiger partial charge in [0.15, 0.2) is 0 Å². The monoisotopic (exact) mass is 255 g/mol. The van der Waals surface area contributed by atoms with Gasteiger partial charge in [-0.2, -0.15) is 0 Å². The molecular formula is C11H14BrNO. The lowest BCUT2D eigenvalue weighted by molar-refractivity contribution is 0.0962. The van der Waals surface area contributed by atoms with Gasteiger partial charge in [-0.3, -0.25) is 4.79 Å². The minimum absolute atomic E-state index is 0.0358. The molecule has 0 saturated heterocycles. The first-order valence-corrected chi connectivity index (χ1v) is 5.26. The third-order valence-corrected chi connectivity index (χ3v) is 3.45.